The van der Waals surface area contributed by atoms with Crippen LogP contribution >= 0.6 is 27.5 Å². The van der Waals surface area contributed by atoms with Crippen molar-refractivity contribution in [2.24, 2.45) is 0 Å². The second-order valence-corrected chi connectivity index (χ2v) is 4.72. The number of aromatic nitrogens is 2. The van der Waals surface area contributed by atoms with E-state index >= 15 is 0 Å². The molecule has 7 nitrogen and oxygen atoms in total. The zero-order valence-electron chi connectivity index (χ0n) is 10.0. The van der Waals surface area contributed by atoms with Gasteiger partial charge in [-0.1, -0.05) is 17.7 Å². The van der Waals surface area contributed by atoms with Gasteiger partial charge in [0.1, 0.15) is 0 Å². The third-order valence-corrected chi connectivity index (χ3v) is 3.06. The van der Waals surface area contributed by atoms with Crippen molar-refractivity contribution in [3.8, 4) is 17.6 Å². The average Bonchev–Trinajstić information content (AvgIpc) is 2.42. The van der Waals surface area contributed by atoms with E-state index in [0.717, 1.165) is 0 Å². The van der Waals surface area contributed by atoms with Crippen LogP contribution < -0.4 is 9.47 Å². The van der Waals surface area contributed by atoms with E-state index in [-0.39, 0.29) is 28.3 Å². The molecule has 0 fully saturated rings. The van der Waals surface area contributed by atoms with Crippen LogP contribution in [0.25, 0.3) is 0 Å². The molecule has 0 atom stereocenters. The summed E-state index contributed by atoms with van der Waals surface area (Å²) >= 11 is 9.09. The van der Waals surface area contributed by atoms with E-state index in [9.17, 15) is 10.1 Å². The number of hydrogen-bond donors (Lipinski definition) is 0. The Bertz CT molecular complexity index is 668. The van der Waals surface area contributed by atoms with Gasteiger partial charge in [-0.15, -0.1) is 0 Å². The van der Waals surface area contributed by atoms with E-state index in [1.807, 2.05) is 0 Å². The summed E-state index contributed by atoms with van der Waals surface area (Å²) in [6.45, 7) is 0. The molecule has 1 aromatic carbocycles. The number of rotatable bonds is 4. The summed E-state index contributed by atoms with van der Waals surface area (Å²) in [5.74, 6) is 0.119. The second-order valence-electron chi connectivity index (χ2n) is 3.46. The van der Waals surface area contributed by atoms with Gasteiger partial charge in [0.2, 0.25) is 11.6 Å². The van der Waals surface area contributed by atoms with Gasteiger partial charge in [-0.2, -0.15) is 4.98 Å². The topological polar surface area (TPSA) is 87.4 Å². The molecule has 0 unspecified atom stereocenters. The fourth-order valence-electron chi connectivity index (χ4n) is 1.36. The van der Waals surface area contributed by atoms with Crippen molar-refractivity contribution in [2.75, 3.05) is 7.11 Å². The van der Waals surface area contributed by atoms with E-state index in [2.05, 4.69) is 25.9 Å². The molecule has 0 aliphatic carbocycles. The third kappa shape index (κ3) is 2.97. The summed E-state index contributed by atoms with van der Waals surface area (Å²) in [6, 6.07) is 4.09. The zero-order chi connectivity index (χ0) is 14.7. The Balaban J connectivity index is 2.42. The smallest absolute Gasteiger partial charge is 0.325 e. The second kappa shape index (κ2) is 6.02. The fraction of sp³-hybridized carbons (Fsp3) is 0.0909. The number of methoxy groups -OCH3 is 1. The number of nitro benzene ring substituents is 1. The number of nitro groups is 1. The SMILES string of the molecule is COc1nc(Oc2c(Cl)cccc2[N+](=O)[O-])ncc1Br. The highest BCUT2D eigenvalue weighted by Gasteiger charge is 2.20. The molecule has 0 aliphatic heterocycles. The number of hydrogen-bond acceptors (Lipinski definition) is 6. The number of nitrogens with zero attached hydrogens (tertiary/aromatic N) is 3. The molecule has 2 aromatic rings. The van der Waals surface area contributed by atoms with Gasteiger partial charge in [0, 0.05) is 6.07 Å². The summed E-state index contributed by atoms with van der Waals surface area (Å²) in [6.07, 6.45) is 1.41. The quantitative estimate of drug-likeness (QED) is 0.611. The Morgan fingerprint density at radius 3 is 2.85 bits per heavy atom. The molecular weight excluding hydrogens is 353 g/mol. The van der Waals surface area contributed by atoms with Crippen LogP contribution in [0.4, 0.5) is 5.69 Å². The van der Waals surface area contributed by atoms with Gasteiger partial charge in [0.25, 0.3) is 0 Å². The largest absolute Gasteiger partial charge is 0.480 e. The van der Waals surface area contributed by atoms with Gasteiger partial charge in [-0.05, 0) is 22.0 Å². The third-order valence-electron chi connectivity index (χ3n) is 2.22. The number of benzene rings is 1. The van der Waals surface area contributed by atoms with Crippen molar-refractivity contribution in [3.63, 3.8) is 0 Å². The van der Waals surface area contributed by atoms with Crippen LogP contribution in [-0.2, 0) is 0 Å². The first-order valence-electron chi connectivity index (χ1n) is 5.20. The van der Waals surface area contributed by atoms with Crippen LogP contribution in [-0.4, -0.2) is 22.0 Å². The number of ether oxygens (including phenoxy) is 2. The lowest BCUT2D eigenvalue weighted by Crippen LogP contribution is -1.98. The molecule has 0 radical (unpaired) electrons. The summed E-state index contributed by atoms with van der Waals surface area (Å²) in [4.78, 5) is 18.2. The van der Waals surface area contributed by atoms with E-state index < -0.39 is 4.92 Å². The average molecular weight is 361 g/mol. The van der Waals surface area contributed by atoms with Crippen molar-refractivity contribution >= 4 is 33.2 Å². The summed E-state index contributed by atoms with van der Waals surface area (Å²) in [5.41, 5.74) is -0.275. The predicted molar refractivity (Wildman–Crippen MR) is 74.5 cm³/mol. The van der Waals surface area contributed by atoms with E-state index in [1.165, 1.54) is 31.5 Å². The predicted octanol–water partition coefficient (Wildman–Crippen LogP) is 3.60. The van der Waals surface area contributed by atoms with Gasteiger partial charge in [-0.3, -0.25) is 10.1 Å². The molecule has 0 saturated heterocycles. The van der Waals surface area contributed by atoms with E-state index in [0.29, 0.717) is 4.47 Å². The molecule has 9 heteroatoms. The van der Waals surface area contributed by atoms with Gasteiger partial charge >= 0.3 is 11.7 Å². The van der Waals surface area contributed by atoms with Crippen LogP contribution in [0.1, 0.15) is 0 Å². The molecule has 1 heterocycles. The Morgan fingerprint density at radius 2 is 2.20 bits per heavy atom. The molecule has 0 saturated carbocycles. The molecule has 2 rings (SSSR count). The maximum Gasteiger partial charge on any atom is 0.325 e. The molecule has 1 aromatic heterocycles. The van der Waals surface area contributed by atoms with Crippen molar-refractivity contribution in [3.05, 3.63) is 44.0 Å². The van der Waals surface area contributed by atoms with Gasteiger partial charge in [0.15, 0.2) is 0 Å². The van der Waals surface area contributed by atoms with Crippen LogP contribution in [0.3, 0.4) is 0 Å². The lowest BCUT2D eigenvalue weighted by molar-refractivity contribution is -0.385. The Labute approximate surface area is 126 Å². The van der Waals surface area contributed by atoms with Gasteiger partial charge in [0.05, 0.1) is 27.7 Å². The monoisotopic (exact) mass is 359 g/mol. The van der Waals surface area contributed by atoms with Crippen LogP contribution in [0, 0.1) is 10.1 Å². The molecule has 0 bridgehead atoms. The minimum absolute atomic E-state index is 0.0877. The van der Waals surface area contributed by atoms with Crippen molar-refractivity contribution < 1.29 is 14.4 Å². The molecule has 0 spiro atoms. The summed E-state index contributed by atoms with van der Waals surface area (Å²) < 4.78 is 10.8. The first kappa shape index (κ1) is 14.5. The highest BCUT2D eigenvalue weighted by molar-refractivity contribution is 9.10. The minimum Gasteiger partial charge on any atom is -0.480 e. The first-order chi connectivity index (χ1) is 9.52. The normalized spacial score (nSPS) is 10.2. The van der Waals surface area contributed by atoms with Crippen molar-refractivity contribution in [2.45, 2.75) is 0 Å². The number of halogens is 2. The standard InChI is InChI=1S/C11H7BrClN3O4/c1-19-10-6(12)5-14-11(15-10)20-9-7(13)3-2-4-8(9)16(17)18/h2-5H,1H3. The van der Waals surface area contributed by atoms with Gasteiger partial charge in [-0.25, -0.2) is 4.98 Å². The summed E-state index contributed by atoms with van der Waals surface area (Å²) in [7, 11) is 1.43. The van der Waals surface area contributed by atoms with E-state index in [1.54, 1.807) is 0 Å². The first-order valence-corrected chi connectivity index (χ1v) is 6.37. The van der Waals surface area contributed by atoms with Crippen molar-refractivity contribution in [1.29, 1.82) is 0 Å². The Hall–Kier alpha value is -1.93. The van der Waals surface area contributed by atoms with Crippen molar-refractivity contribution in [1.82, 2.24) is 9.97 Å². The molecule has 0 amide bonds. The van der Waals surface area contributed by atoms with Crippen LogP contribution in [0.2, 0.25) is 5.02 Å². The van der Waals surface area contributed by atoms with Crippen LogP contribution in [0.15, 0.2) is 28.9 Å². The minimum atomic E-state index is -0.600. The lowest BCUT2D eigenvalue weighted by Gasteiger charge is -2.07. The molecule has 104 valence electrons. The number of para-hydroxylation sites is 1. The molecular formula is C11H7BrClN3O4. The molecule has 0 aliphatic rings. The highest BCUT2D eigenvalue weighted by atomic mass is 79.9. The fourth-order valence-corrected chi connectivity index (χ4v) is 1.92. The molecule has 20 heavy (non-hydrogen) atoms. The maximum absolute atomic E-state index is 10.9. The zero-order valence-corrected chi connectivity index (χ0v) is 12.4. The summed E-state index contributed by atoms with van der Waals surface area (Å²) in [5, 5.41) is 11.0. The Kier molecular flexibility index (Phi) is 4.35. The van der Waals surface area contributed by atoms with E-state index in [4.69, 9.17) is 21.1 Å². The highest BCUT2D eigenvalue weighted by Crippen LogP contribution is 2.37. The maximum atomic E-state index is 10.9. The van der Waals surface area contributed by atoms with Gasteiger partial charge < -0.3 is 9.47 Å². The van der Waals surface area contributed by atoms with Crippen LogP contribution in [0.5, 0.6) is 17.6 Å². The lowest BCUT2D eigenvalue weighted by atomic mass is 10.3. The molecule has 0 N–H and O–H groups in total. The Morgan fingerprint density at radius 1 is 1.45 bits per heavy atom.